The standard InChI is InChI=1S/C29H33N3O/c1-22(2)18-28(29(33)31-17-16-30)27-11-7-10-26(19-27)25-14-12-24(13-15-25)21-32(3)20-23-8-5-4-6-9-23/h4-15,19,22,28H,17-18,20-21H2,1-3H3,(H,31,33)/t28-/m1/s1. The molecule has 0 aliphatic heterocycles. The van der Waals surface area contributed by atoms with Gasteiger partial charge in [-0.05, 0) is 47.2 Å². The average Bonchev–Trinajstić information content (AvgIpc) is 2.82. The Morgan fingerprint density at radius 1 is 0.909 bits per heavy atom. The normalized spacial score (nSPS) is 11.9. The summed E-state index contributed by atoms with van der Waals surface area (Å²) >= 11 is 0. The van der Waals surface area contributed by atoms with Crippen LogP contribution in [-0.2, 0) is 17.9 Å². The lowest BCUT2D eigenvalue weighted by Crippen LogP contribution is -2.30. The van der Waals surface area contributed by atoms with Gasteiger partial charge in [-0.2, -0.15) is 5.26 Å². The molecule has 0 radical (unpaired) electrons. The highest BCUT2D eigenvalue weighted by atomic mass is 16.1. The largest absolute Gasteiger partial charge is 0.342 e. The number of nitriles is 1. The molecule has 33 heavy (non-hydrogen) atoms. The van der Waals surface area contributed by atoms with E-state index in [0.29, 0.717) is 5.92 Å². The van der Waals surface area contributed by atoms with Crippen LogP contribution >= 0.6 is 0 Å². The van der Waals surface area contributed by atoms with Crippen molar-refractivity contribution in [3.8, 4) is 17.2 Å². The summed E-state index contributed by atoms with van der Waals surface area (Å²) in [7, 11) is 2.14. The van der Waals surface area contributed by atoms with Gasteiger partial charge in [-0.25, -0.2) is 0 Å². The maximum atomic E-state index is 12.7. The summed E-state index contributed by atoms with van der Waals surface area (Å²) in [5, 5.41) is 11.6. The molecule has 3 aromatic rings. The van der Waals surface area contributed by atoms with Crippen molar-refractivity contribution >= 4 is 5.91 Å². The molecule has 0 aromatic heterocycles. The van der Waals surface area contributed by atoms with Gasteiger partial charge in [0.15, 0.2) is 0 Å². The Balaban J connectivity index is 1.72. The maximum absolute atomic E-state index is 12.7. The maximum Gasteiger partial charge on any atom is 0.228 e. The molecule has 3 aromatic carbocycles. The SMILES string of the molecule is CC(C)C[C@@H](C(=O)NCC#N)c1cccc(-c2ccc(CN(C)Cc3ccccc3)cc2)c1. The predicted molar refractivity (Wildman–Crippen MR) is 134 cm³/mol. The van der Waals surface area contributed by atoms with Crippen LogP contribution in [0.15, 0.2) is 78.9 Å². The van der Waals surface area contributed by atoms with Gasteiger partial charge in [0, 0.05) is 13.1 Å². The van der Waals surface area contributed by atoms with Crippen LogP contribution < -0.4 is 5.32 Å². The van der Waals surface area contributed by atoms with Gasteiger partial charge < -0.3 is 5.32 Å². The molecule has 3 rings (SSSR count). The highest BCUT2D eigenvalue weighted by Crippen LogP contribution is 2.29. The molecule has 0 aliphatic rings. The van der Waals surface area contributed by atoms with Crippen molar-refractivity contribution in [2.45, 2.75) is 39.3 Å². The number of nitrogens with zero attached hydrogens (tertiary/aromatic N) is 2. The van der Waals surface area contributed by atoms with E-state index in [4.69, 9.17) is 5.26 Å². The highest BCUT2D eigenvalue weighted by Gasteiger charge is 2.22. The number of carbonyl (C=O) groups is 1. The summed E-state index contributed by atoms with van der Waals surface area (Å²) in [6.07, 6.45) is 0.743. The average molecular weight is 440 g/mol. The van der Waals surface area contributed by atoms with E-state index in [0.717, 1.165) is 36.2 Å². The van der Waals surface area contributed by atoms with Gasteiger partial charge in [0.2, 0.25) is 5.91 Å². The number of hydrogen-bond acceptors (Lipinski definition) is 3. The number of nitrogens with one attached hydrogen (secondary N) is 1. The van der Waals surface area contributed by atoms with Crippen molar-refractivity contribution in [1.29, 1.82) is 5.26 Å². The summed E-state index contributed by atoms with van der Waals surface area (Å²) < 4.78 is 0. The van der Waals surface area contributed by atoms with Crippen molar-refractivity contribution in [1.82, 2.24) is 10.2 Å². The molecular weight excluding hydrogens is 406 g/mol. The number of benzene rings is 3. The van der Waals surface area contributed by atoms with E-state index >= 15 is 0 Å². The quantitative estimate of drug-likeness (QED) is 0.409. The second-order valence-corrected chi connectivity index (χ2v) is 9.04. The zero-order valence-corrected chi connectivity index (χ0v) is 19.8. The van der Waals surface area contributed by atoms with Crippen molar-refractivity contribution in [3.05, 3.63) is 95.6 Å². The Kier molecular flexibility index (Phi) is 8.80. The molecule has 0 bridgehead atoms. The van der Waals surface area contributed by atoms with E-state index in [1.807, 2.05) is 24.3 Å². The molecule has 0 saturated heterocycles. The molecule has 0 fully saturated rings. The fraction of sp³-hybridized carbons (Fsp3) is 0.310. The third-order valence-corrected chi connectivity index (χ3v) is 5.69. The molecule has 0 saturated carbocycles. The van der Waals surface area contributed by atoms with Gasteiger partial charge >= 0.3 is 0 Å². The molecule has 170 valence electrons. The lowest BCUT2D eigenvalue weighted by atomic mass is 9.88. The Labute approximate surface area is 197 Å². The first-order valence-electron chi connectivity index (χ1n) is 11.5. The van der Waals surface area contributed by atoms with E-state index in [1.54, 1.807) is 0 Å². The second kappa shape index (κ2) is 12.0. The van der Waals surface area contributed by atoms with Gasteiger partial charge in [0.1, 0.15) is 6.54 Å². The molecule has 1 N–H and O–H groups in total. The molecule has 0 aliphatic carbocycles. The number of amides is 1. The van der Waals surface area contributed by atoms with E-state index in [-0.39, 0.29) is 18.4 Å². The minimum absolute atomic E-state index is 0.0350. The molecular formula is C29H33N3O. The van der Waals surface area contributed by atoms with Gasteiger partial charge in [0.05, 0.1) is 12.0 Å². The van der Waals surface area contributed by atoms with Crippen molar-refractivity contribution in [2.75, 3.05) is 13.6 Å². The first kappa shape index (κ1) is 24.2. The van der Waals surface area contributed by atoms with Crippen LogP contribution in [0.5, 0.6) is 0 Å². The summed E-state index contributed by atoms with van der Waals surface area (Å²) in [4.78, 5) is 15.0. The first-order chi connectivity index (χ1) is 16.0. The van der Waals surface area contributed by atoms with Crippen molar-refractivity contribution in [3.63, 3.8) is 0 Å². The zero-order chi connectivity index (χ0) is 23.6. The first-order valence-corrected chi connectivity index (χ1v) is 11.5. The predicted octanol–water partition coefficient (Wildman–Crippen LogP) is 5.76. The van der Waals surface area contributed by atoms with Gasteiger partial charge in [-0.15, -0.1) is 0 Å². The topological polar surface area (TPSA) is 56.1 Å². The van der Waals surface area contributed by atoms with Crippen molar-refractivity contribution in [2.24, 2.45) is 5.92 Å². The summed E-state index contributed by atoms with van der Waals surface area (Å²) in [6.45, 7) is 6.05. The molecule has 4 nitrogen and oxygen atoms in total. The van der Waals surface area contributed by atoms with E-state index in [1.165, 1.54) is 11.1 Å². The summed E-state index contributed by atoms with van der Waals surface area (Å²) in [6, 6.07) is 29.4. The van der Waals surface area contributed by atoms with Crippen LogP contribution in [0.2, 0.25) is 0 Å². The number of hydrogen-bond donors (Lipinski definition) is 1. The molecule has 0 heterocycles. The molecule has 0 spiro atoms. The smallest absolute Gasteiger partial charge is 0.228 e. The minimum Gasteiger partial charge on any atom is -0.342 e. The Hall–Kier alpha value is -3.42. The third-order valence-electron chi connectivity index (χ3n) is 5.69. The van der Waals surface area contributed by atoms with Crippen LogP contribution in [0.4, 0.5) is 0 Å². The monoisotopic (exact) mass is 439 g/mol. The number of carbonyl (C=O) groups excluding carboxylic acids is 1. The van der Waals surface area contributed by atoms with Crippen LogP contribution in [0.1, 0.15) is 42.9 Å². The van der Waals surface area contributed by atoms with E-state index in [9.17, 15) is 4.79 Å². The minimum atomic E-state index is -0.260. The number of rotatable bonds is 10. The Bertz CT molecular complexity index is 1070. The second-order valence-electron chi connectivity index (χ2n) is 9.04. The van der Waals surface area contributed by atoms with Gasteiger partial charge in [-0.3, -0.25) is 9.69 Å². The Morgan fingerprint density at radius 2 is 1.58 bits per heavy atom. The fourth-order valence-electron chi connectivity index (χ4n) is 4.12. The molecule has 1 amide bonds. The Morgan fingerprint density at radius 3 is 2.21 bits per heavy atom. The van der Waals surface area contributed by atoms with Crippen LogP contribution in [0, 0.1) is 17.2 Å². The third kappa shape index (κ3) is 7.30. The van der Waals surface area contributed by atoms with Crippen LogP contribution in [0.25, 0.3) is 11.1 Å². The van der Waals surface area contributed by atoms with Gasteiger partial charge in [0.25, 0.3) is 0 Å². The fourth-order valence-corrected chi connectivity index (χ4v) is 4.12. The lowest BCUT2D eigenvalue weighted by molar-refractivity contribution is -0.122. The van der Waals surface area contributed by atoms with Crippen molar-refractivity contribution < 1.29 is 4.79 Å². The summed E-state index contributed by atoms with van der Waals surface area (Å²) in [5.74, 6) is 0.0297. The summed E-state index contributed by atoms with van der Waals surface area (Å²) in [5.41, 5.74) is 5.79. The molecule has 4 heteroatoms. The molecule has 1 atom stereocenters. The van der Waals surface area contributed by atoms with Gasteiger partial charge in [-0.1, -0.05) is 92.7 Å². The highest BCUT2D eigenvalue weighted by molar-refractivity contribution is 5.84. The zero-order valence-electron chi connectivity index (χ0n) is 19.8. The van der Waals surface area contributed by atoms with E-state index in [2.05, 4.69) is 91.8 Å². The van der Waals surface area contributed by atoms with Crippen LogP contribution in [0.3, 0.4) is 0 Å². The molecule has 0 unspecified atom stereocenters. The van der Waals surface area contributed by atoms with Crippen LogP contribution in [-0.4, -0.2) is 24.4 Å². The van der Waals surface area contributed by atoms with E-state index < -0.39 is 0 Å². The lowest BCUT2D eigenvalue weighted by Gasteiger charge is -2.19.